The van der Waals surface area contributed by atoms with Gasteiger partial charge in [-0.2, -0.15) is 0 Å². The standard InChI is InChI=1S/C19H16ClFN2O3S/c20-15-9-12(5-6-16(15)21)23-18(24)14-3-1-2-4-17(14)22-19(23)27-10-13-7-8-25-11-26-13/h1-6,9,13H,7-8,10-11H2/t13-/m0/s1. The average molecular weight is 407 g/mol. The van der Waals surface area contributed by atoms with Crippen molar-refractivity contribution in [3.05, 3.63) is 63.7 Å². The van der Waals surface area contributed by atoms with Crippen LogP contribution >= 0.6 is 23.4 Å². The van der Waals surface area contributed by atoms with E-state index < -0.39 is 5.82 Å². The van der Waals surface area contributed by atoms with Gasteiger partial charge in [0.2, 0.25) is 0 Å². The maximum Gasteiger partial charge on any atom is 0.266 e. The van der Waals surface area contributed by atoms with Gasteiger partial charge in [0.25, 0.3) is 5.56 Å². The summed E-state index contributed by atoms with van der Waals surface area (Å²) in [6.45, 7) is 0.924. The van der Waals surface area contributed by atoms with E-state index in [1.807, 2.05) is 6.07 Å². The topological polar surface area (TPSA) is 53.4 Å². The Morgan fingerprint density at radius 1 is 1.30 bits per heavy atom. The normalized spacial score (nSPS) is 17.3. The fourth-order valence-electron chi connectivity index (χ4n) is 2.86. The van der Waals surface area contributed by atoms with Crippen LogP contribution in [0.2, 0.25) is 5.02 Å². The molecule has 0 radical (unpaired) electrons. The fourth-order valence-corrected chi connectivity index (χ4v) is 4.11. The van der Waals surface area contributed by atoms with Gasteiger partial charge in [0.15, 0.2) is 5.16 Å². The van der Waals surface area contributed by atoms with E-state index in [1.54, 1.807) is 18.2 Å². The number of benzene rings is 2. The highest BCUT2D eigenvalue weighted by atomic mass is 35.5. The summed E-state index contributed by atoms with van der Waals surface area (Å²) in [6, 6.07) is 11.4. The molecule has 2 aromatic carbocycles. The second-order valence-corrected chi connectivity index (χ2v) is 7.46. The predicted octanol–water partition coefficient (Wildman–Crippen LogP) is 4.03. The number of ether oxygens (including phenoxy) is 2. The molecule has 1 aromatic heterocycles. The van der Waals surface area contributed by atoms with Gasteiger partial charge < -0.3 is 9.47 Å². The molecule has 5 nitrogen and oxygen atoms in total. The molecule has 1 fully saturated rings. The number of hydrogen-bond donors (Lipinski definition) is 0. The first-order valence-electron chi connectivity index (χ1n) is 8.43. The summed E-state index contributed by atoms with van der Waals surface area (Å²) < 4.78 is 25.8. The molecule has 1 aliphatic rings. The second kappa shape index (κ2) is 7.98. The van der Waals surface area contributed by atoms with Crippen LogP contribution in [0, 0.1) is 5.82 Å². The van der Waals surface area contributed by atoms with Gasteiger partial charge in [-0.1, -0.05) is 35.5 Å². The zero-order chi connectivity index (χ0) is 18.8. The Balaban J connectivity index is 1.79. The van der Waals surface area contributed by atoms with E-state index in [0.29, 0.717) is 34.1 Å². The first-order chi connectivity index (χ1) is 13.1. The van der Waals surface area contributed by atoms with Crippen molar-refractivity contribution < 1.29 is 13.9 Å². The Bertz CT molecular complexity index is 1040. The van der Waals surface area contributed by atoms with Crippen LogP contribution in [-0.4, -0.2) is 34.8 Å². The molecule has 140 valence electrons. The highest BCUT2D eigenvalue weighted by Gasteiger charge is 2.19. The van der Waals surface area contributed by atoms with Gasteiger partial charge in [0, 0.05) is 5.75 Å². The van der Waals surface area contributed by atoms with Crippen LogP contribution in [0.3, 0.4) is 0 Å². The van der Waals surface area contributed by atoms with Crippen LogP contribution in [0.4, 0.5) is 4.39 Å². The van der Waals surface area contributed by atoms with Gasteiger partial charge in [0.05, 0.1) is 34.3 Å². The van der Waals surface area contributed by atoms with Crippen LogP contribution in [0.1, 0.15) is 6.42 Å². The van der Waals surface area contributed by atoms with Crippen molar-refractivity contribution in [2.75, 3.05) is 19.2 Å². The van der Waals surface area contributed by atoms with E-state index in [1.165, 1.54) is 34.5 Å². The third kappa shape index (κ3) is 3.87. The summed E-state index contributed by atoms with van der Waals surface area (Å²) in [4.78, 5) is 17.8. The van der Waals surface area contributed by atoms with Crippen LogP contribution in [0.15, 0.2) is 52.4 Å². The number of aromatic nitrogens is 2. The van der Waals surface area contributed by atoms with Crippen molar-refractivity contribution in [1.82, 2.24) is 9.55 Å². The first kappa shape index (κ1) is 18.4. The molecule has 0 aliphatic carbocycles. The summed E-state index contributed by atoms with van der Waals surface area (Å²) in [6.07, 6.45) is 0.810. The number of para-hydroxylation sites is 1. The van der Waals surface area contributed by atoms with Gasteiger partial charge in [0.1, 0.15) is 12.6 Å². The Morgan fingerprint density at radius 2 is 2.15 bits per heavy atom. The van der Waals surface area contributed by atoms with Crippen molar-refractivity contribution >= 4 is 34.3 Å². The Labute approximate surface area is 164 Å². The largest absolute Gasteiger partial charge is 0.355 e. The molecular weight excluding hydrogens is 391 g/mol. The van der Waals surface area contributed by atoms with E-state index in [2.05, 4.69) is 4.98 Å². The molecular formula is C19H16ClFN2O3S. The van der Waals surface area contributed by atoms with Crippen LogP contribution < -0.4 is 5.56 Å². The predicted molar refractivity (Wildman–Crippen MR) is 103 cm³/mol. The number of rotatable bonds is 4. The van der Waals surface area contributed by atoms with E-state index in [9.17, 15) is 9.18 Å². The highest BCUT2D eigenvalue weighted by Crippen LogP contribution is 2.26. The molecule has 0 saturated carbocycles. The third-order valence-corrected chi connectivity index (χ3v) is 5.64. The number of fused-ring (bicyclic) bond motifs is 1. The van der Waals surface area contributed by atoms with E-state index in [-0.39, 0.29) is 23.5 Å². The first-order valence-corrected chi connectivity index (χ1v) is 9.79. The Kier molecular flexibility index (Phi) is 5.45. The summed E-state index contributed by atoms with van der Waals surface area (Å²) in [7, 11) is 0. The minimum atomic E-state index is -0.535. The van der Waals surface area contributed by atoms with Crippen molar-refractivity contribution in [1.29, 1.82) is 0 Å². The van der Waals surface area contributed by atoms with Gasteiger partial charge in [-0.25, -0.2) is 9.37 Å². The van der Waals surface area contributed by atoms with Crippen molar-refractivity contribution in [2.24, 2.45) is 0 Å². The molecule has 3 aromatic rings. The van der Waals surface area contributed by atoms with Crippen molar-refractivity contribution in [3.8, 4) is 5.69 Å². The fraction of sp³-hybridized carbons (Fsp3) is 0.263. The zero-order valence-electron chi connectivity index (χ0n) is 14.2. The highest BCUT2D eigenvalue weighted by molar-refractivity contribution is 7.99. The Hall–Kier alpha value is -1.93. The van der Waals surface area contributed by atoms with Crippen LogP contribution in [0.5, 0.6) is 0 Å². The number of hydrogen-bond acceptors (Lipinski definition) is 5. The van der Waals surface area contributed by atoms with Crippen molar-refractivity contribution in [3.63, 3.8) is 0 Å². The zero-order valence-corrected chi connectivity index (χ0v) is 15.8. The SMILES string of the molecule is O=c1c2ccccc2nc(SC[C@@H]2CCOCO2)n1-c1ccc(F)c(Cl)c1. The molecule has 27 heavy (non-hydrogen) atoms. The van der Waals surface area contributed by atoms with E-state index in [4.69, 9.17) is 21.1 Å². The molecule has 0 spiro atoms. The number of nitrogens with zero attached hydrogens (tertiary/aromatic N) is 2. The van der Waals surface area contributed by atoms with Gasteiger partial charge in [-0.3, -0.25) is 9.36 Å². The molecule has 1 aliphatic heterocycles. The lowest BCUT2D eigenvalue weighted by Gasteiger charge is -2.22. The quantitative estimate of drug-likeness (QED) is 0.483. The number of halogens is 2. The van der Waals surface area contributed by atoms with E-state index >= 15 is 0 Å². The lowest BCUT2D eigenvalue weighted by Crippen LogP contribution is -2.27. The molecule has 0 bridgehead atoms. The van der Waals surface area contributed by atoms with E-state index in [0.717, 1.165) is 6.42 Å². The molecule has 0 unspecified atom stereocenters. The monoisotopic (exact) mass is 406 g/mol. The number of thioether (sulfide) groups is 1. The third-order valence-electron chi connectivity index (χ3n) is 4.28. The maximum absolute atomic E-state index is 13.6. The molecule has 8 heteroatoms. The molecule has 0 N–H and O–H groups in total. The summed E-state index contributed by atoms with van der Waals surface area (Å²) in [5.74, 6) is 0.0929. The molecule has 0 amide bonds. The maximum atomic E-state index is 13.6. The molecule has 2 heterocycles. The van der Waals surface area contributed by atoms with Crippen molar-refractivity contribution in [2.45, 2.75) is 17.7 Å². The lowest BCUT2D eigenvalue weighted by atomic mass is 10.2. The lowest BCUT2D eigenvalue weighted by molar-refractivity contribution is -0.130. The minimum Gasteiger partial charge on any atom is -0.355 e. The summed E-state index contributed by atoms with van der Waals surface area (Å²) in [5.41, 5.74) is 0.862. The molecule has 1 atom stereocenters. The van der Waals surface area contributed by atoms with Crippen LogP contribution in [0.25, 0.3) is 16.6 Å². The van der Waals surface area contributed by atoms with Crippen LogP contribution in [-0.2, 0) is 9.47 Å². The average Bonchev–Trinajstić information content (AvgIpc) is 2.70. The smallest absolute Gasteiger partial charge is 0.266 e. The van der Waals surface area contributed by atoms with Gasteiger partial charge >= 0.3 is 0 Å². The summed E-state index contributed by atoms with van der Waals surface area (Å²) in [5, 5.41) is 0.956. The summed E-state index contributed by atoms with van der Waals surface area (Å²) >= 11 is 7.36. The second-order valence-electron chi connectivity index (χ2n) is 6.06. The molecule has 4 rings (SSSR count). The molecule has 1 saturated heterocycles. The van der Waals surface area contributed by atoms with Gasteiger partial charge in [-0.15, -0.1) is 0 Å². The Morgan fingerprint density at radius 3 is 2.93 bits per heavy atom. The van der Waals surface area contributed by atoms with Gasteiger partial charge in [-0.05, 0) is 36.8 Å². The minimum absolute atomic E-state index is 0.0254.